The van der Waals surface area contributed by atoms with E-state index >= 15 is 0 Å². The molecule has 0 saturated heterocycles. The van der Waals surface area contributed by atoms with Crippen LogP contribution in [0.25, 0.3) is 0 Å². The molecule has 0 aromatic heterocycles. The van der Waals surface area contributed by atoms with Gasteiger partial charge in [0.05, 0.1) is 18.7 Å². The molecule has 0 fully saturated rings. The first kappa shape index (κ1) is 15.0. The summed E-state index contributed by atoms with van der Waals surface area (Å²) in [5, 5.41) is 2.76. The van der Waals surface area contributed by atoms with Crippen LogP contribution in [-0.2, 0) is 11.2 Å². The summed E-state index contributed by atoms with van der Waals surface area (Å²) in [6.45, 7) is 2.60. The van der Waals surface area contributed by atoms with Crippen molar-refractivity contribution in [3.8, 4) is 5.75 Å². The van der Waals surface area contributed by atoms with Crippen molar-refractivity contribution >= 4 is 11.6 Å². The number of anilines is 1. The summed E-state index contributed by atoms with van der Waals surface area (Å²) in [5.74, 6) is -0.0166. The van der Waals surface area contributed by atoms with Gasteiger partial charge >= 0.3 is 0 Å². The van der Waals surface area contributed by atoms with E-state index in [9.17, 15) is 9.18 Å². The molecule has 2 aromatic carbocycles. The first-order valence-corrected chi connectivity index (χ1v) is 6.95. The topological polar surface area (TPSA) is 38.3 Å². The van der Waals surface area contributed by atoms with Crippen LogP contribution in [0.1, 0.15) is 18.9 Å². The lowest BCUT2D eigenvalue weighted by Gasteiger charge is -2.12. The van der Waals surface area contributed by atoms with Gasteiger partial charge in [0.1, 0.15) is 11.6 Å². The highest BCUT2D eigenvalue weighted by Crippen LogP contribution is 2.24. The van der Waals surface area contributed by atoms with Gasteiger partial charge in [0.2, 0.25) is 5.91 Å². The molecule has 0 radical (unpaired) electrons. The van der Waals surface area contributed by atoms with Crippen molar-refractivity contribution in [2.75, 3.05) is 11.9 Å². The predicted octanol–water partition coefficient (Wildman–Crippen LogP) is 3.80. The summed E-state index contributed by atoms with van der Waals surface area (Å²) >= 11 is 0. The normalized spacial score (nSPS) is 10.2. The van der Waals surface area contributed by atoms with Gasteiger partial charge in [0.25, 0.3) is 0 Å². The molecule has 2 rings (SSSR count). The Labute approximate surface area is 123 Å². The number of nitrogens with one attached hydrogen (secondary N) is 1. The second-order valence-electron chi connectivity index (χ2n) is 4.66. The number of carbonyl (C=O) groups excluding carboxylic acids is 1. The SMILES string of the molecule is CCCOc1ccccc1NC(=O)Cc1ccccc1F. The fourth-order valence-electron chi connectivity index (χ4n) is 1.92. The summed E-state index contributed by atoms with van der Waals surface area (Å²) in [7, 11) is 0. The second-order valence-corrected chi connectivity index (χ2v) is 4.66. The lowest BCUT2D eigenvalue weighted by atomic mass is 10.1. The second kappa shape index (κ2) is 7.43. The number of halogens is 1. The van der Waals surface area contributed by atoms with Gasteiger partial charge in [-0.05, 0) is 30.2 Å². The number of hydrogen-bond acceptors (Lipinski definition) is 2. The van der Waals surface area contributed by atoms with E-state index in [1.165, 1.54) is 6.07 Å². The summed E-state index contributed by atoms with van der Waals surface area (Å²) in [6.07, 6.45) is 0.881. The van der Waals surface area contributed by atoms with Crippen molar-refractivity contribution in [1.29, 1.82) is 0 Å². The van der Waals surface area contributed by atoms with E-state index in [0.717, 1.165) is 6.42 Å². The van der Waals surface area contributed by atoms with Crippen LogP contribution in [0.4, 0.5) is 10.1 Å². The Morgan fingerprint density at radius 2 is 1.86 bits per heavy atom. The maximum atomic E-state index is 13.5. The van der Waals surface area contributed by atoms with E-state index < -0.39 is 0 Å². The monoisotopic (exact) mass is 287 g/mol. The van der Waals surface area contributed by atoms with Gasteiger partial charge in [-0.2, -0.15) is 0 Å². The fraction of sp³-hybridized carbons (Fsp3) is 0.235. The molecule has 0 spiro atoms. The number of rotatable bonds is 6. The molecule has 0 aliphatic rings. The number of carbonyl (C=O) groups is 1. The van der Waals surface area contributed by atoms with Gasteiger partial charge in [-0.15, -0.1) is 0 Å². The van der Waals surface area contributed by atoms with Crippen molar-refractivity contribution in [1.82, 2.24) is 0 Å². The van der Waals surface area contributed by atoms with Crippen molar-refractivity contribution in [3.63, 3.8) is 0 Å². The van der Waals surface area contributed by atoms with Crippen LogP contribution in [0.2, 0.25) is 0 Å². The Morgan fingerprint density at radius 3 is 2.62 bits per heavy atom. The zero-order valence-corrected chi connectivity index (χ0v) is 11.9. The Hall–Kier alpha value is -2.36. The molecule has 4 heteroatoms. The standard InChI is InChI=1S/C17H18FNO2/c1-2-11-21-16-10-6-5-9-15(16)19-17(20)12-13-7-3-4-8-14(13)18/h3-10H,2,11-12H2,1H3,(H,19,20). The van der Waals surface area contributed by atoms with E-state index in [4.69, 9.17) is 4.74 Å². The zero-order chi connectivity index (χ0) is 15.1. The molecular weight excluding hydrogens is 269 g/mol. The van der Waals surface area contributed by atoms with Crippen molar-refractivity contribution < 1.29 is 13.9 Å². The van der Waals surface area contributed by atoms with E-state index in [0.29, 0.717) is 23.6 Å². The minimum Gasteiger partial charge on any atom is -0.491 e. The molecule has 3 nitrogen and oxygen atoms in total. The summed E-state index contributed by atoms with van der Waals surface area (Å²) in [6, 6.07) is 13.5. The van der Waals surface area contributed by atoms with Gasteiger partial charge in [-0.3, -0.25) is 4.79 Å². The Morgan fingerprint density at radius 1 is 1.14 bits per heavy atom. The van der Waals surface area contributed by atoms with E-state index in [1.54, 1.807) is 30.3 Å². The van der Waals surface area contributed by atoms with Crippen LogP contribution in [-0.4, -0.2) is 12.5 Å². The largest absolute Gasteiger partial charge is 0.491 e. The van der Waals surface area contributed by atoms with Gasteiger partial charge in [0.15, 0.2) is 0 Å². The predicted molar refractivity (Wildman–Crippen MR) is 81.0 cm³/mol. The molecule has 1 amide bonds. The first-order chi connectivity index (χ1) is 10.2. The number of ether oxygens (including phenoxy) is 1. The molecule has 0 heterocycles. The minimum atomic E-state index is -0.372. The third-order valence-corrected chi connectivity index (χ3v) is 2.93. The minimum absolute atomic E-state index is 0.00517. The maximum absolute atomic E-state index is 13.5. The number of benzene rings is 2. The molecule has 110 valence electrons. The molecule has 0 aliphatic heterocycles. The number of para-hydroxylation sites is 2. The molecular formula is C17H18FNO2. The van der Waals surface area contributed by atoms with Gasteiger partial charge in [-0.25, -0.2) is 4.39 Å². The molecule has 0 aliphatic carbocycles. The highest BCUT2D eigenvalue weighted by Gasteiger charge is 2.10. The first-order valence-electron chi connectivity index (χ1n) is 6.95. The Bertz CT molecular complexity index is 613. The molecule has 2 aromatic rings. The fourth-order valence-corrected chi connectivity index (χ4v) is 1.92. The lowest BCUT2D eigenvalue weighted by molar-refractivity contribution is -0.115. The molecule has 0 saturated carbocycles. The van der Waals surface area contributed by atoms with E-state index in [-0.39, 0.29) is 18.1 Å². The quantitative estimate of drug-likeness (QED) is 0.877. The molecule has 0 unspecified atom stereocenters. The molecule has 0 bridgehead atoms. The number of hydrogen-bond donors (Lipinski definition) is 1. The van der Waals surface area contributed by atoms with Gasteiger partial charge in [-0.1, -0.05) is 37.3 Å². The Kier molecular flexibility index (Phi) is 5.32. The molecule has 0 atom stereocenters. The third kappa shape index (κ3) is 4.31. The van der Waals surface area contributed by atoms with Gasteiger partial charge in [0, 0.05) is 0 Å². The molecule has 21 heavy (non-hydrogen) atoms. The lowest BCUT2D eigenvalue weighted by Crippen LogP contribution is -2.16. The number of amides is 1. The van der Waals surface area contributed by atoms with E-state index in [2.05, 4.69) is 5.32 Å². The van der Waals surface area contributed by atoms with Crippen molar-refractivity contribution in [3.05, 3.63) is 59.9 Å². The van der Waals surface area contributed by atoms with E-state index in [1.807, 2.05) is 19.1 Å². The third-order valence-electron chi connectivity index (χ3n) is 2.93. The van der Waals surface area contributed by atoms with Crippen molar-refractivity contribution in [2.24, 2.45) is 0 Å². The van der Waals surface area contributed by atoms with Crippen LogP contribution in [0.5, 0.6) is 5.75 Å². The van der Waals surface area contributed by atoms with Crippen LogP contribution < -0.4 is 10.1 Å². The van der Waals surface area contributed by atoms with Gasteiger partial charge < -0.3 is 10.1 Å². The van der Waals surface area contributed by atoms with Crippen LogP contribution in [0.3, 0.4) is 0 Å². The summed E-state index contributed by atoms with van der Waals surface area (Å²) in [4.78, 5) is 12.0. The maximum Gasteiger partial charge on any atom is 0.229 e. The molecule has 1 N–H and O–H groups in total. The van der Waals surface area contributed by atoms with Crippen LogP contribution in [0, 0.1) is 5.82 Å². The summed E-state index contributed by atoms with van der Waals surface area (Å²) < 4.78 is 19.1. The zero-order valence-electron chi connectivity index (χ0n) is 11.9. The van der Waals surface area contributed by atoms with Crippen LogP contribution in [0.15, 0.2) is 48.5 Å². The van der Waals surface area contributed by atoms with Crippen molar-refractivity contribution in [2.45, 2.75) is 19.8 Å². The Balaban J connectivity index is 2.04. The van der Waals surface area contributed by atoms with Crippen LogP contribution >= 0.6 is 0 Å². The smallest absolute Gasteiger partial charge is 0.229 e. The highest BCUT2D eigenvalue weighted by molar-refractivity contribution is 5.93. The average molecular weight is 287 g/mol. The summed E-state index contributed by atoms with van der Waals surface area (Å²) in [5.41, 5.74) is 0.981. The average Bonchev–Trinajstić information content (AvgIpc) is 2.49. The highest BCUT2D eigenvalue weighted by atomic mass is 19.1.